The summed E-state index contributed by atoms with van der Waals surface area (Å²) in [6.07, 6.45) is 0.765. The largest absolute Gasteiger partial charge is 0.497 e. The molecule has 1 aromatic heterocycles. The molecule has 0 fully saturated rings. The highest BCUT2D eigenvalue weighted by molar-refractivity contribution is 5.88. The molecular weight excluding hydrogens is 294 g/mol. The molecule has 23 heavy (non-hydrogen) atoms. The fourth-order valence-corrected chi connectivity index (χ4v) is 2.47. The standard InChI is InChI=1S/C17H23N3O3/c1-5-20(17(21)18-16-10-12(2)19-23-16)13(3)11-14-6-8-15(22-4)9-7-14/h6-10,13H,5,11H2,1-4H3,(H,18,21)/t13-/m1/s1. The molecule has 1 atom stereocenters. The molecule has 124 valence electrons. The number of methoxy groups -OCH3 is 1. The monoisotopic (exact) mass is 317 g/mol. The number of aryl methyl sites for hydroxylation is 1. The molecule has 0 bridgehead atoms. The Kier molecular flexibility index (Phi) is 5.62. The van der Waals surface area contributed by atoms with Gasteiger partial charge < -0.3 is 14.2 Å². The topological polar surface area (TPSA) is 67.6 Å². The van der Waals surface area contributed by atoms with Gasteiger partial charge in [0, 0.05) is 18.7 Å². The van der Waals surface area contributed by atoms with Crippen molar-refractivity contribution in [3.05, 3.63) is 41.6 Å². The molecule has 6 nitrogen and oxygen atoms in total. The number of aromatic nitrogens is 1. The maximum atomic E-state index is 12.4. The predicted octanol–water partition coefficient (Wildman–Crippen LogP) is 3.48. The number of carbonyl (C=O) groups excluding carboxylic acids is 1. The van der Waals surface area contributed by atoms with Gasteiger partial charge in [-0.25, -0.2) is 4.79 Å². The van der Waals surface area contributed by atoms with E-state index in [1.165, 1.54) is 0 Å². The van der Waals surface area contributed by atoms with E-state index in [4.69, 9.17) is 9.26 Å². The van der Waals surface area contributed by atoms with Gasteiger partial charge in [0.15, 0.2) is 0 Å². The number of rotatable bonds is 6. The van der Waals surface area contributed by atoms with E-state index < -0.39 is 0 Å². The quantitative estimate of drug-likeness (QED) is 0.885. The summed E-state index contributed by atoms with van der Waals surface area (Å²) in [4.78, 5) is 14.2. The number of urea groups is 1. The Bertz CT molecular complexity index is 637. The van der Waals surface area contributed by atoms with Gasteiger partial charge in [0.05, 0.1) is 12.8 Å². The Hall–Kier alpha value is -2.50. The van der Waals surface area contributed by atoms with Gasteiger partial charge in [0.1, 0.15) is 5.75 Å². The number of benzene rings is 1. The van der Waals surface area contributed by atoms with Crippen LogP contribution in [0.1, 0.15) is 25.1 Å². The number of hydrogen-bond donors (Lipinski definition) is 1. The van der Waals surface area contributed by atoms with Crippen molar-refractivity contribution in [1.29, 1.82) is 0 Å². The molecule has 2 aromatic rings. The molecule has 0 aliphatic carbocycles. The van der Waals surface area contributed by atoms with Crippen LogP contribution in [-0.4, -0.2) is 35.8 Å². The Morgan fingerprint density at radius 1 is 1.39 bits per heavy atom. The molecule has 0 saturated heterocycles. The van der Waals surface area contributed by atoms with Crippen molar-refractivity contribution in [3.63, 3.8) is 0 Å². The second kappa shape index (κ2) is 7.67. The predicted molar refractivity (Wildman–Crippen MR) is 88.8 cm³/mol. The first-order valence-corrected chi connectivity index (χ1v) is 7.67. The molecule has 0 spiro atoms. The Labute approximate surface area is 136 Å². The van der Waals surface area contributed by atoms with E-state index in [1.54, 1.807) is 18.1 Å². The molecule has 0 unspecified atom stereocenters. The van der Waals surface area contributed by atoms with Crippen LogP contribution >= 0.6 is 0 Å². The lowest BCUT2D eigenvalue weighted by molar-refractivity contribution is 0.195. The SMILES string of the molecule is CCN(C(=O)Nc1cc(C)no1)[C@H](C)Cc1ccc(OC)cc1. The van der Waals surface area contributed by atoms with Crippen molar-refractivity contribution in [3.8, 4) is 5.75 Å². The molecule has 0 aliphatic heterocycles. The minimum atomic E-state index is -0.190. The summed E-state index contributed by atoms with van der Waals surface area (Å²) in [5.74, 6) is 1.19. The number of anilines is 1. The molecule has 6 heteroatoms. The van der Waals surface area contributed by atoms with E-state index in [-0.39, 0.29) is 12.1 Å². The average Bonchev–Trinajstić information content (AvgIpc) is 2.93. The van der Waals surface area contributed by atoms with Gasteiger partial charge in [-0.05, 0) is 44.9 Å². The third-order valence-electron chi connectivity index (χ3n) is 3.68. The van der Waals surface area contributed by atoms with E-state index in [2.05, 4.69) is 10.5 Å². The van der Waals surface area contributed by atoms with Gasteiger partial charge in [0.25, 0.3) is 0 Å². The van der Waals surface area contributed by atoms with Crippen LogP contribution in [0.4, 0.5) is 10.7 Å². The summed E-state index contributed by atoms with van der Waals surface area (Å²) < 4.78 is 10.2. The number of carbonyl (C=O) groups is 1. The van der Waals surface area contributed by atoms with Crippen LogP contribution in [0.25, 0.3) is 0 Å². The van der Waals surface area contributed by atoms with Crippen LogP contribution in [0.3, 0.4) is 0 Å². The fourth-order valence-electron chi connectivity index (χ4n) is 2.47. The summed E-state index contributed by atoms with van der Waals surface area (Å²) in [6, 6.07) is 9.44. The third kappa shape index (κ3) is 4.48. The van der Waals surface area contributed by atoms with Crippen LogP contribution in [-0.2, 0) is 6.42 Å². The molecule has 0 saturated carbocycles. The second-order valence-electron chi connectivity index (χ2n) is 5.45. The summed E-state index contributed by atoms with van der Waals surface area (Å²) in [5.41, 5.74) is 1.88. The van der Waals surface area contributed by atoms with E-state index in [1.807, 2.05) is 45.0 Å². The maximum Gasteiger partial charge on any atom is 0.324 e. The lowest BCUT2D eigenvalue weighted by atomic mass is 10.1. The second-order valence-corrected chi connectivity index (χ2v) is 5.45. The van der Waals surface area contributed by atoms with Crippen molar-refractivity contribution in [2.45, 2.75) is 33.2 Å². The van der Waals surface area contributed by atoms with Crippen LogP contribution in [0.5, 0.6) is 5.75 Å². The van der Waals surface area contributed by atoms with Crippen molar-refractivity contribution in [1.82, 2.24) is 10.1 Å². The highest BCUT2D eigenvalue weighted by Crippen LogP contribution is 2.16. The lowest BCUT2D eigenvalue weighted by Crippen LogP contribution is -2.42. The molecule has 1 heterocycles. The van der Waals surface area contributed by atoms with E-state index >= 15 is 0 Å². The van der Waals surface area contributed by atoms with Gasteiger partial charge in [0.2, 0.25) is 5.88 Å². The normalized spacial score (nSPS) is 11.8. The molecule has 2 rings (SSSR count). The molecule has 1 aromatic carbocycles. The van der Waals surface area contributed by atoms with E-state index in [9.17, 15) is 4.79 Å². The van der Waals surface area contributed by atoms with E-state index in [0.29, 0.717) is 12.4 Å². The van der Waals surface area contributed by atoms with Gasteiger partial charge in [-0.1, -0.05) is 17.3 Å². The zero-order valence-electron chi connectivity index (χ0n) is 14.0. The molecule has 0 aliphatic rings. The number of likely N-dealkylation sites (N-methyl/N-ethyl adjacent to an activating group) is 1. The zero-order chi connectivity index (χ0) is 16.8. The first-order chi connectivity index (χ1) is 11.0. The van der Waals surface area contributed by atoms with Crippen LogP contribution in [0, 0.1) is 6.92 Å². The highest BCUT2D eigenvalue weighted by Gasteiger charge is 2.20. The molecule has 2 amide bonds. The van der Waals surface area contributed by atoms with Crippen molar-refractivity contribution in [2.75, 3.05) is 19.0 Å². The Morgan fingerprint density at radius 2 is 2.09 bits per heavy atom. The summed E-state index contributed by atoms with van der Waals surface area (Å²) >= 11 is 0. The fraction of sp³-hybridized carbons (Fsp3) is 0.412. The minimum absolute atomic E-state index is 0.0532. The summed E-state index contributed by atoms with van der Waals surface area (Å²) in [5, 5.41) is 6.50. The van der Waals surface area contributed by atoms with Crippen molar-refractivity contribution >= 4 is 11.9 Å². The molecular formula is C17H23N3O3. The summed E-state index contributed by atoms with van der Waals surface area (Å²) in [7, 11) is 1.64. The molecule has 1 N–H and O–H groups in total. The number of nitrogens with zero attached hydrogens (tertiary/aromatic N) is 2. The maximum absolute atomic E-state index is 12.4. The minimum Gasteiger partial charge on any atom is -0.497 e. The van der Waals surface area contributed by atoms with Crippen LogP contribution < -0.4 is 10.1 Å². The van der Waals surface area contributed by atoms with Crippen LogP contribution in [0.2, 0.25) is 0 Å². The number of hydrogen-bond acceptors (Lipinski definition) is 4. The van der Waals surface area contributed by atoms with Gasteiger partial charge in [-0.15, -0.1) is 0 Å². The highest BCUT2D eigenvalue weighted by atomic mass is 16.5. The van der Waals surface area contributed by atoms with Gasteiger partial charge in [-0.2, -0.15) is 0 Å². The summed E-state index contributed by atoms with van der Waals surface area (Å²) in [6.45, 7) is 6.40. The number of nitrogens with one attached hydrogen (secondary N) is 1. The number of ether oxygens (including phenoxy) is 1. The average molecular weight is 317 g/mol. The van der Waals surface area contributed by atoms with Gasteiger partial charge in [-0.3, -0.25) is 5.32 Å². The third-order valence-corrected chi connectivity index (χ3v) is 3.68. The Morgan fingerprint density at radius 3 is 2.61 bits per heavy atom. The number of amides is 2. The Balaban J connectivity index is 1.98. The first kappa shape index (κ1) is 16.9. The van der Waals surface area contributed by atoms with Crippen molar-refractivity contribution < 1.29 is 14.1 Å². The van der Waals surface area contributed by atoms with Crippen molar-refractivity contribution in [2.24, 2.45) is 0 Å². The van der Waals surface area contributed by atoms with Crippen LogP contribution in [0.15, 0.2) is 34.9 Å². The molecule has 0 radical (unpaired) electrons. The zero-order valence-corrected chi connectivity index (χ0v) is 14.0. The van der Waals surface area contributed by atoms with E-state index in [0.717, 1.165) is 23.4 Å². The lowest BCUT2D eigenvalue weighted by Gasteiger charge is -2.27. The first-order valence-electron chi connectivity index (χ1n) is 7.67. The smallest absolute Gasteiger partial charge is 0.324 e. The van der Waals surface area contributed by atoms with Gasteiger partial charge >= 0.3 is 6.03 Å².